The minimum Gasteiger partial charge on any atom is -0.493 e. The third kappa shape index (κ3) is 3.06. The van der Waals surface area contributed by atoms with Crippen LogP contribution in [-0.4, -0.2) is 13.7 Å². The summed E-state index contributed by atoms with van der Waals surface area (Å²) in [6.07, 6.45) is 0.994. The quantitative estimate of drug-likeness (QED) is 0.920. The minimum absolute atomic E-state index is 0.567. The fourth-order valence-corrected chi connectivity index (χ4v) is 3.28. The Kier molecular flexibility index (Phi) is 4.17. The molecule has 0 saturated heterocycles. The van der Waals surface area contributed by atoms with Gasteiger partial charge in [-0.15, -0.1) is 0 Å². The number of benzene rings is 2. The first kappa shape index (κ1) is 14.4. The second-order valence-electron chi connectivity index (χ2n) is 5.38. The van der Waals surface area contributed by atoms with Gasteiger partial charge >= 0.3 is 0 Å². The van der Waals surface area contributed by atoms with Gasteiger partial charge in [-0.3, -0.25) is 0 Å². The van der Waals surface area contributed by atoms with Gasteiger partial charge in [0.2, 0.25) is 0 Å². The van der Waals surface area contributed by atoms with Crippen molar-refractivity contribution in [2.24, 2.45) is 5.73 Å². The van der Waals surface area contributed by atoms with Crippen molar-refractivity contribution >= 4 is 21.6 Å². The number of ether oxygens (including phenoxy) is 1. The lowest BCUT2D eigenvalue weighted by Crippen LogP contribution is -2.17. The fourth-order valence-electron chi connectivity index (χ4n) is 2.73. The SMILES string of the molecule is CN(Cc1cc(Br)cc2c1OCC2)c1cccc(CN)c1. The number of nitrogens with zero attached hydrogens (tertiary/aromatic N) is 1. The van der Waals surface area contributed by atoms with Crippen molar-refractivity contribution in [1.82, 2.24) is 0 Å². The van der Waals surface area contributed by atoms with Gasteiger partial charge in [-0.2, -0.15) is 0 Å². The van der Waals surface area contributed by atoms with E-state index in [0.29, 0.717) is 6.54 Å². The predicted molar refractivity (Wildman–Crippen MR) is 89.8 cm³/mol. The summed E-state index contributed by atoms with van der Waals surface area (Å²) >= 11 is 3.59. The number of halogens is 1. The van der Waals surface area contributed by atoms with E-state index in [0.717, 1.165) is 35.4 Å². The summed E-state index contributed by atoms with van der Waals surface area (Å²) in [4.78, 5) is 2.23. The number of rotatable bonds is 4. The monoisotopic (exact) mass is 346 g/mol. The number of fused-ring (bicyclic) bond motifs is 1. The van der Waals surface area contributed by atoms with Crippen molar-refractivity contribution in [3.05, 3.63) is 57.6 Å². The molecule has 0 aliphatic carbocycles. The van der Waals surface area contributed by atoms with Crippen LogP contribution in [0.3, 0.4) is 0 Å². The zero-order valence-corrected chi connectivity index (χ0v) is 13.7. The molecule has 3 nitrogen and oxygen atoms in total. The summed E-state index contributed by atoms with van der Waals surface area (Å²) in [6, 6.07) is 12.7. The Hall–Kier alpha value is -1.52. The number of hydrogen-bond acceptors (Lipinski definition) is 3. The highest BCUT2D eigenvalue weighted by atomic mass is 79.9. The van der Waals surface area contributed by atoms with Crippen molar-refractivity contribution in [3.8, 4) is 5.75 Å². The smallest absolute Gasteiger partial charge is 0.127 e. The van der Waals surface area contributed by atoms with Gasteiger partial charge in [0.05, 0.1) is 6.61 Å². The molecule has 0 fully saturated rings. The molecule has 21 heavy (non-hydrogen) atoms. The highest BCUT2D eigenvalue weighted by Gasteiger charge is 2.18. The van der Waals surface area contributed by atoms with Gasteiger partial charge in [-0.1, -0.05) is 28.1 Å². The molecule has 0 saturated carbocycles. The molecule has 1 heterocycles. The molecule has 2 N–H and O–H groups in total. The Morgan fingerprint density at radius 1 is 1.29 bits per heavy atom. The van der Waals surface area contributed by atoms with Crippen molar-refractivity contribution < 1.29 is 4.74 Å². The van der Waals surface area contributed by atoms with Crippen molar-refractivity contribution in [3.63, 3.8) is 0 Å². The molecule has 0 aromatic heterocycles. The molecular weight excluding hydrogens is 328 g/mol. The molecule has 110 valence electrons. The van der Waals surface area contributed by atoms with Gasteiger partial charge in [-0.25, -0.2) is 0 Å². The van der Waals surface area contributed by atoms with Crippen LogP contribution in [0.25, 0.3) is 0 Å². The lowest BCUT2D eigenvalue weighted by molar-refractivity contribution is 0.353. The Balaban J connectivity index is 1.86. The maximum Gasteiger partial charge on any atom is 0.127 e. The van der Waals surface area contributed by atoms with Gasteiger partial charge < -0.3 is 15.4 Å². The third-order valence-corrected chi connectivity index (χ3v) is 4.28. The highest BCUT2D eigenvalue weighted by Crippen LogP contribution is 2.34. The van der Waals surface area contributed by atoms with Gasteiger partial charge in [0, 0.05) is 42.3 Å². The van der Waals surface area contributed by atoms with Crippen molar-refractivity contribution in [2.45, 2.75) is 19.5 Å². The maximum absolute atomic E-state index is 5.80. The van der Waals surface area contributed by atoms with Gasteiger partial charge in [-0.05, 0) is 35.4 Å². The van der Waals surface area contributed by atoms with Crippen LogP contribution in [0.1, 0.15) is 16.7 Å². The first-order valence-corrected chi connectivity index (χ1v) is 7.91. The second-order valence-corrected chi connectivity index (χ2v) is 6.30. The van der Waals surface area contributed by atoms with Crippen LogP contribution >= 0.6 is 15.9 Å². The Morgan fingerprint density at radius 2 is 2.14 bits per heavy atom. The van der Waals surface area contributed by atoms with E-state index in [1.807, 2.05) is 0 Å². The topological polar surface area (TPSA) is 38.5 Å². The Labute approximate surface area is 133 Å². The third-order valence-electron chi connectivity index (χ3n) is 3.82. The van der Waals surface area contributed by atoms with Crippen LogP contribution in [0, 0.1) is 0 Å². The lowest BCUT2D eigenvalue weighted by Gasteiger charge is -2.21. The number of anilines is 1. The first-order chi connectivity index (χ1) is 10.2. The van der Waals surface area contributed by atoms with Crippen molar-refractivity contribution in [1.29, 1.82) is 0 Å². The summed E-state index contributed by atoms with van der Waals surface area (Å²) in [5.74, 6) is 1.06. The van der Waals surface area contributed by atoms with Gasteiger partial charge in [0.1, 0.15) is 5.75 Å². The van der Waals surface area contributed by atoms with E-state index in [4.69, 9.17) is 10.5 Å². The highest BCUT2D eigenvalue weighted by molar-refractivity contribution is 9.10. The average Bonchev–Trinajstić information content (AvgIpc) is 2.95. The molecule has 0 bridgehead atoms. The van der Waals surface area contributed by atoms with Gasteiger partial charge in [0.15, 0.2) is 0 Å². The Bertz CT molecular complexity index is 657. The fraction of sp³-hybridized carbons (Fsp3) is 0.294. The summed E-state index contributed by atoms with van der Waals surface area (Å²) in [5.41, 5.74) is 10.6. The molecule has 0 amide bonds. The molecule has 0 unspecified atom stereocenters. The lowest BCUT2D eigenvalue weighted by atomic mass is 10.1. The zero-order valence-electron chi connectivity index (χ0n) is 12.1. The molecule has 1 aliphatic heterocycles. The van der Waals surface area contributed by atoms with Crippen LogP contribution in [0.2, 0.25) is 0 Å². The standard InChI is InChI=1S/C17H19BrN2O/c1-20(16-4-2-3-12(7-16)10-19)11-14-9-15(18)8-13-5-6-21-17(13)14/h2-4,7-9H,5-6,10-11,19H2,1H3. The van der Waals surface area contributed by atoms with Crippen LogP contribution in [-0.2, 0) is 19.5 Å². The summed E-state index contributed by atoms with van der Waals surface area (Å²) in [7, 11) is 2.10. The molecule has 0 spiro atoms. The van der Waals surface area contributed by atoms with E-state index in [1.54, 1.807) is 0 Å². The van der Waals surface area contributed by atoms with Crippen LogP contribution in [0.15, 0.2) is 40.9 Å². The van der Waals surface area contributed by atoms with Gasteiger partial charge in [0.25, 0.3) is 0 Å². The molecule has 4 heteroatoms. The minimum atomic E-state index is 0.567. The van der Waals surface area contributed by atoms with E-state index in [9.17, 15) is 0 Å². The molecule has 3 rings (SSSR count). The van der Waals surface area contributed by atoms with Crippen LogP contribution in [0.5, 0.6) is 5.75 Å². The summed E-state index contributed by atoms with van der Waals surface area (Å²) in [5, 5.41) is 0. The summed E-state index contributed by atoms with van der Waals surface area (Å²) < 4.78 is 6.92. The molecule has 2 aromatic rings. The molecular formula is C17H19BrN2O. The second kappa shape index (κ2) is 6.08. The van der Waals surface area contributed by atoms with E-state index in [2.05, 4.69) is 64.3 Å². The normalized spacial score (nSPS) is 12.9. The van der Waals surface area contributed by atoms with E-state index in [-0.39, 0.29) is 0 Å². The number of nitrogens with two attached hydrogens (primary N) is 1. The molecule has 0 atom stereocenters. The first-order valence-electron chi connectivity index (χ1n) is 7.11. The Morgan fingerprint density at radius 3 is 2.95 bits per heavy atom. The largest absolute Gasteiger partial charge is 0.493 e. The maximum atomic E-state index is 5.80. The number of hydrogen-bond donors (Lipinski definition) is 1. The molecule has 2 aromatic carbocycles. The predicted octanol–water partition coefficient (Wildman–Crippen LogP) is 3.48. The average molecular weight is 347 g/mol. The zero-order chi connectivity index (χ0) is 14.8. The van der Waals surface area contributed by atoms with Crippen molar-refractivity contribution in [2.75, 3.05) is 18.6 Å². The van der Waals surface area contributed by atoms with E-state index >= 15 is 0 Å². The van der Waals surface area contributed by atoms with E-state index < -0.39 is 0 Å². The summed E-state index contributed by atoms with van der Waals surface area (Å²) in [6.45, 7) is 2.16. The van der Waals surface area contributed by atoms with Crippen LogP contribution in [0.4, 0.5) is 5.69 Å². The van der Waals surface area contributed by atoms with Crippen LogP contribution < -0.4 is 15.4 Å². The van der Waals surface area contributed by atoms with E-state index in [1.165, 1.54) is 16.8 Å². The molecule has 1 aliphatic rings. The molecule has 0 radical (unpaired) electrons.